The van der Waals surface area contributed by atoms with Crippen molar-refractivity contribution in [2.75, 3.05) is 14.2 Å². The summed E-state index contributed by atoms with van der Waals surface area (Å²) in [7, 11) is 3.69. The maximum absolute atomic E-state index is 5.22. The fraction of sp³-hybridized carbons (Fsp3) is 0.333. The van der Waals surface area contributed by atoms with Crippen LogP contribution < -0.4 is 10.1 Å². The van der Waals surface area contributed by atoms with E-state index in [9.17, 15) is 0 Å². The van der Waals surface area contributed by atoms with Gasteiger partial charge in [0.05, 0.1) is 13.2 Å². The summed E-state index contributed by atoms with van der Waals surface area (Å²) in [4.78, 5) is 0. The quantitative estimate of drug-likeness (QED) is 0.857. The molecule has 0 aliphatic carbocycles. The molecule has 1 N–H and O–H groups in total. The van der Waals surface area contributed by atoms with Crippen molar-refractivity contribution in [3.63, 3.8) is 0 Å². The van der Waals surface area contributed by atoms with Crippen LogP contribution >= 0.6 is 0 Å². The van der Waals surface area contributed by atoms with E-state index in [2.05, 4.69) is 48.6 Å². The maximum Gasteiger partial charge on any atom is 0.118 e. The van der Waals surface area contributed by atoms with Crippen molar-refractivity contribution in [3.8, 4) is 5.75 Å². The number of aryl methyl sites for hydroxylation is 1. The molecule has 0 radical (unpaired) electrons. The molecule has 20 heavy (non-hydrogen) atoms. The van der Waals surface area contributed by atoms with Crippen LogP contribution in [0.4, 0.5) is 0 Å². The second kappa shape index (κ2) is 7.11. The van der Waals surface area contributed by atoms with Gasteiger partial charge in [-0.2, -0.15) is 0 Å². The average molecular weight is 269 g/mol. The molecule has 0 aromatic heterocycles. The average Bonchev–Trinajstić information content (AvgIpc) is 2.49. The first-order valence-electron chi connectivity index (χ1n) is 7.18. The molecule has 0 aliphatic rings. The Hall–Kier alpha value is -1.80. The van der Waals surface area contributed by atoms with Crippen LogP contribution in [-0.4, -0.2) is 14.2 Å². The molecule has 0 spiro atoms. The molecular formula is C18H23NO. The first-order valence-corrected chi connectivity index (χ1v) is 7.18. The van der Waals surface area contributed by atoms with E-state index in [1.165, 1.54) is 23.1 Å². The number of rotatable bonds is 6. The largest absolute Gasteiger partial charge is 0.497 e. The lowest BCUT2D eigenvalue weighted by Crippen LogP contribution is -2.17. The number of benzene rings is 2. The molecule has 0 saturated carbocycles. The van der Waals surface area contributed by atoms with Crippen molar-refractivity contribution in [3.05, 3.63) is 65.2 Å². The minimum atomic E-state index is 0.220. The van der Waals surface area contributed by atoms with Gasteiger partial charge in [-0.05, 0) is 42.3 Å². The first-order chi connectivity index (χ1) is 9.78. The zero-order chi connectivity index (χ0) is 14.4. The van der Waals surface area contributed by atoms with Crippen LogP contribution in [0.15, 0.2) is 48.5 Å². The van der Waals surface area contributed by atoms with Gasteiger partial charge < -0.3 is 10.1 Å². The Morgan fingerprint density at radius 3 is 2.40 bits per heavy atom. The highest BCUT2D eigenvalue weighted by atomic mass is 16.5. The van der Waals surface area contributed by atoms with Crippen molar-refractivity contribution in [2.45, 2.75) is 25.8 Å². The normalized spacial score (nSPS) is 12.2. The predicted molar refractivity (Wildman–Crippen MR) is 84.3 cm³/mol. The molecule has 0 heterocycles. The third-order valence-electron chi connectivity index (χ3n) is 3.56. The van der Waals surface area contributed by atoms with Crippen molar-refractivity contribution in [1.82, 2.24) is 5.32 Å². The third-order valence-corrected chi connectivity index (χ3v) is 3.56. The highest BCUT2D eigenvalue weighted by Crippen LogP contribution is 2.24. The van der Waals surface area contributed by atoms with Crippen molar-refractivity contribution in [1.29, 1.82) is 0 Å². The molecule has 0 amide bonds. The van der Waals surface area contributed by atoms with Gasteiger partial charge in [-0.15, -0.1) is 0 Å². The van der Waals surface area contributed by atoms with Gasteiger partial charge in [0.1, 0.15) is 5.75 Å². The van der Waals surface area contributed by atoms with Crippen LogP contribution in [0.3, 0.4) is 0 Å². The topological polar surface area (TPSA) is 21.3 Å². The van der Waals surface area contributed by atoms with Crippen LogP contribution in [0, 0.1) is 0 Å². The zero-order valence-electron chi connectivity index (χ0n) is 12.5. The van der Waals surface area contributed by atoms with Crippen molar-refractivity contribution in [2.24, 2.45) is 0 Å². The van der Waals surface area contributed by atoms with Gasteiger partial charge in [0, 0.05) is 0 Å². The molecule has 0 aliphatic heterocycles. The fourth-order valence-corrected chi connectivity index (χ4v) is 2.54. The predicted octanol–water partition coefficient (Wildman–Crippen LogP) is 3.96. The molecular weight excluding hydrogens is 246 g/mol. The lowest BCUT2D eigenvalue weighted by molar-refractivity contribution is 0.414. The van der Waals surface area contributed by atoms with E-state index in [0.717, 1.165) is 12.2 Å². The molecule has 2 heteroatoms. The minimum Gasteiger partial charge on any atom is -0.497 e. The number of nitrogens with one attached hydrogen (secondary N) is 1. The standard InChI is InChI=1S/C18H23NO/c1-4-6-14-7-5-8-16(13-14)18(19-2)15-9-11-17(20-3)12-10-15/h5,7-13,18-19H,4,6H2,1-3H3. The van der Waals surface area contributed by atoms with E-state index in [1.54, 1.807) is 7.11 Å². The zero-order valence-corrected chi connectivity index (χ0v) is 12.5. The molecule has 0 bridgehead atoms. The van der Waals surface area contributed by atoms with Gasteiger partial charge >= 0.3 is 0 Å². The van der Waals surface area contributed by atoms with Crippen molar-refractivity contribution < 1.29 is 4.74 Å². The van der Waals surface area contributed by atoms with E-state index in [4.69, 9.17) is 4.74 Å². The Kier molecular flexibility index (Phi) is 5.19. The molecule has 2 aromatic carbocycles. The molecule has 0 fully saturated rings. The number of methoxy groups -OCH3 is 1. The Morgan fingerprint density at radius 2 is 1.80 bits per heavy atom. The van der Waals surface area contributed by atoms with Crippen LogP contribution in [0.2, 0.25) is 0 Å². The van der Waals surface area contributed by atoms with Crippen LogP contribution in [0.5, 0.6) is 5.75 Å². The summed E-state index contributed by atoms with van der Waals surface area (Å²) in [5.74, 6) is 0.892. The van der Waals surface area contributed by atoms with E-state index in [0.29, 0.717) is 0 Å². The second-order valence-corrected chi connectivity index (χ2v) is 4.99. The van der Waals surface area contributed by atoms with E-state index in [1.807, 2.05) is 19.2 Å². The van der Waals surface area contributed by atoms with Gasteiger partial charge in [0.25, 0.3) is 0 Å². The lowest BCUT2D eigenvalue weighted by Gasteiger charge is -2.18. The van der Waals surface area contributed by atoms with E-state index in [-0.39, 0.29) is 6.04 Å². The summed E-state index contributed by atoms with van der Waals surface area (Å²) in [6.45, 7) is 2.21. The molecule has 0 saturated heterocycles. The Bertz CT molecular complexity index is 533. The van der Waals surface area contributed by atoms with Gasteiger partial charge in [-0.3, -0.25) is 0 Å². The van der Waals surface area contributed by atoms with E-state index < -0.39 is 0 Å². The molecule has 1 unspecified atom stereocenters. The number of hydrogen-bond donors (Lipinski definition) is 1. The summed E-state index contributed by atoms with van der Waals surface area (Å²) in [5, 5.41) is 3.40. The third kappa shape index (κ3) is 3.40. The summed E-state index contributed by atoms with van der Waals surface area (Å²) >= 11 is 0. The highest BCUT2D eigenvalue weighted by molar-refractivity contribution is 5.37. The number of hydrogen-bond acceptors (Lipinski definition) is 2. The SMILES string of the molecule is CCCc1cccc(C(NC)c2ccc(OC)cc2)c1. The maximum atomic E-state index is 5.22. The fourth-order valence-electron chi connectivity index (χ4n) is 2.54. The second-order valence-electron chi connectivity index (χ2n) is 4.99. The van der Waals surface area contributed by atoms with Gasteiger partial charge in [0.2, 0.25) is 0 Å². The lowest BCUT2D eigenvalue weighted by atomic mass is 9.96. The van der Waals surface area contributed by atoms with E-state index >= 15 is 0 Å². The molecule has 106 valence electrons. The van der Waals surface area contributed by atoms with Gasteiger partial charge in [0.15, 0.2) is 0 Å². The monoisotopic (exact) mass is 269 g/mol. The van der Waals surface area contributed by atoms with Gasteiger partial charge in [-0.1, -0.05) is 49.7 Å². The Balaban J connectivity index is 2.28. The summed E-state index contributed by atoms with van der Waals surface area (Å²) in [6, 6.07) is 17.3. The summed E-state index contributed by atoms with van der Waals surface area (Å²) in [6.07, 6.45) is 2.31. The minimum absolute atomic E-state index is 0.220. The summed E-state index contributed by atoms with van der Waals surface area (Å²) < 4.78 is 5.22. The molecule has 1 atom stereocenters. The molecule has 2 nitrogen and oxygen atoms in total. The van der Waals surface area contributed by atoms with Crippen molar-refractivity contribution >= 4 is 0 Å². The summed E-state index contributed by atoms with van der Waals surface area (Å²) in [5.41, 5.74) is 3.96. The first kappa shape index (κ1) is 14.6. The number of ether oxygens (including phenoxy) is 1. The smallest absolute Gasteiger partial charge is 0.118 e. The van der Waals surface area contributed by atoms with Crippen LogP contribution in [0.25, 0.3) is 0 Å². The van der Waals surface area contributed by atoms with Crippen LogP contribution in [0.1, 0.15) is 36.1 Å². The molecule has 2 rings (SSSR count). The van der Waals surface area contributed by atoms with Crippen LogP contribution in [-0.2, 0) is 6.42 Å². The Labute approximate surface area is 121 Å². The highest BCUT2D eigenvalue weighted by Gasteiger charge is 2.12. The Morgan fingerprint density at radius 1 is 1.05 bits per heavy atom. The molecule has 2 aromatic rings. The van der Waals surface area contributed by atoms with Gasteiger partial charge in [-0.25, -0.2) is 0 Å².